The molecule has 0 atom stereocenters. The molecular weight excluding hydrogens is 870 g/mol. The Bertz CT molecular complexity index is 3220. The largest absolute Gasteiger partial charge is 0.508 e. The molecule has 0 saturated heterocycles. The highest BCUT2D eigenvalue weighted by molar-refractivity contribution is 9.10. The van der Waals surface area contributed by atoms with E-state index >= 15 is 0 Å². The van der Waals surface area contributed by atoms with Gasteiger partial charge in [-0.1, -0.05) is 37.8 Å². The van der Waals surface area contributed by atoms with Crippen LogP contribution in [-0.4, -0.2) is 74.2 Å². The van der Waals surface area contributed by atoms with Gasteiger partial charge in [0.1, 0.15) is 17.5 Å². The molecule has 0 bridgehead atoms. The highest BCUT2D eigenvalue weighted by Gasteiger charge is 2.22. The summed E-state index contributed by atoms with van der Waals surface area (Å²) >= 11 is 3.39. The summed E-state index contributed by atoms with van der Waals surface area (Å²) in [5.74, 6) is -0.285. The van der Waals surface area contributed by atoms with Crippen LogP contribution in [0.1, 0.15) is 7.43 Å². The SMILES string of the molecule is C.Nc1ncc(Br)c2ccncc12.OB(O)c1cc(-c2ccccc2F)nc2ncccc12.OB(O)c1ncc(-c2cc(-c3ccccc3F)nc3ncccc23)c2ccncc12. The molecule has 0 amide bonds. The minimum atomic E-state index is -1.73. The van der Waals surface area contributed by atoms with Crippen LogP contribution in [0.3, 0.4) is 0 Å². The molecule has 8 aromatic heterocycles. The molecule has 0 aliphatic heterocycles. The van der Waals surface area contributed by atoms with Gasteiger partial charge in [-0.25, -0.2) is 33.7 Å². The number of aromatic nitrogens is 8. The van der Waals surface area contributed by atoms with Gasteiger partial charge < -0.3 is 25.8 Å². The van der Waals surface area contributed by atoms with Gasteiger partial charge in [0.15, 0.2) is 11.3 Å². The van der Waals surface area contributed by atoms with Crippen LogP contribution in [0.4, 0.5) is 14.6 Å². The van der Waals surface area contributed by atoms with Gasteiger partial charge in [0.2, 0.25) is 0 Å². The van der Waals surface area contributed by atoms with Crippen LogP contribution in [0.15, 0.2) is 151 Å². The molecule has 0 fully saturated rings. The van der Waals surface area contributed by atoms with Gasteiger partial charge in [0, 0.05) is 97.7 Å². The molecule has 13 nitrogen and oxygen atoms in total. The lowest BCUT2D eigenvalue weighted by Gasteiger charge is -2.13. The molecule has 2 aromatic carbocycles. The van der Waals surface area contributed by atoms with E-state index in [9.17, 15) is 28.9 Å². The van der Waals surface area contributed by atoms with Crippen molar-refractivity contribution < 1.29 is 28.9 Å². The Kier molecular flexibility index (Phi) is 13.4. The summed E-state index contributed by atoms with van der Waals surface area (Å²) in [6.45, 7) is 0. The number of nitrogens with zero attached hydrogens (tertiary/aromatic N) is 8. The Hall–Kier alpha value is -7.21. The van der Waals surface area contributed by atoms with Gasteiger partial charge in [-0.15, -0.1) is 0 Å². The second-order valence-corrected chi connectivity index (χ2v) is 14.4. The first kappa shape index (κ1) is 43.9. The summed E-state index contributed by atoms with van der Waals surface area (Å²) in [7, 11) is -3.40. The van der Waals surface area contributed by atoms with Crippen LogP contribution in [0.2, 0.25) is 0 Å². The molecule has 6 N–H and O–H groups in total. The van der Waals surface area contributed by atoms with E-state index in [4.69, 9.17) is 5.73 Å². The third kappa shape index (κ3) is 9.21. The number of hydrogen-bond donors (Lipinski definition) is 5. The van der Waals surface area contributed by atoms with Crippen molar-refractivity contribution in [2.75, 3.05) is 5.73 Å². The van der Waals surface area contributed by atoms with Crippen molar-refractivity contribution in [1.82, 2.24) is 39.9 Å². The first-order valence-electron chi connectivity index (χ1n) is 18.7. The molecule has 0 unspecified atom stereocenters. The lowest BCUT2D eigenvalue weighted by Crippen LogP contribution is -2.33. The quantitative estimate of drug-likeness (QED) is 0.118. The second kappa shape index (κ2) is 19.2. The van der Waals surface area contributed by atoms with Crippen molar-refractivity contribution in [3.05, 3.63) is 163 Å². The van der Waals surface area contributed by atoms with Crippen molar-refractivity contribution in [3.63, 3.8) is 0 Å². The van der Waals surface area contributed by atoms with Crippen LogP contribution in [0.5, 0.6) is 0 Å². The van der Waals surface area contributed by atoms with E-state index in [0.29, 0.717) is 50.4 Å². The van der Waals surface area contributed by atoms with Crippen molar-refractivity contribution >= 4 is 90.7 Å². The van der Waals surface area contributed by atoms with E-state index in [1.165, 1.54) is 18.2 Å². The third-order valence-corrected chi connectivity index (χ3v) is 10.3. The lowest BCUT2D eigenvalue weighted by atomic mass is 9.78. The average molecular weight is 904 g/mol. The third-order valence-electron chi connectivity index (χ3n) is 9.70. The number of hydrogen-bond acceptors (Lipinski definition) is 13. The predicted octanol–water partition coefficient (Wildman–Crippen LogP) is 6.45. The average Bonchev–Trinajstić information content (AvgIpc) is 3.30. The fourth-order valence-corrected chi connectivity index (χ4v) is 7.24. The second-order valence-electron chi connectivity index (χ2n) is 13.5. The van der Waals surface area contributed by atoms with Crippen LogP contribution >= 0.6 is 15.9 Å². The van der Waals surface area contributed by atoms with Gasteiger partial charge in [-0.3, -0.25) is 15.0 Å². The Morgan fingerprint density at radius 3 is 1.67 bits per heavy atom. The van der Waals surface area contributed by atoms with Gasteiger partial charge in [0.05, 0.1) is 17.0 Å². The topological polar surface area (TPSA) is 210 Å². The fourth-order valence-electron chi connectivity index (χ4n) is 6.79. The molecule has 18 heteroatoms. The Morgan fingerprint density at radius 1 is 0.492 bits per heavy atom. The molecule has 0 aliphatic carbocycles. The summed E-state index contributed by atoms with van der Waals surface area (Å²) in [5, 5.41) is 42.8. The van der Waals surface area contributed by atoms with Crippen LogP contribution < -0.4 is 16.8 Å². The number of fused-ring (bicyclic) bond motifs is 4. The molecule has 10 aromatic rings. The van der Waals surface area contributed by atoms with Crippen LogP contribution in [-0.2, 0) is 0 Å². The van der Waals surface area contributed by atoms with E-state index in [-0.39, 0.29) is 24.3 Å². The van der Waals surface area contributed by atoms with Crippen molar-refractivity contribution in [2.24, 2.45) is 0 Å². The Balaban J connectivity index is 0.000000155. The smallest absolute Gasteiger partial charge is 0.423 e. The molecule has 310 valence electrons. The molecule has 0 aliphatic rings. The zero-order valence-electron chi connectivity index (χ0n) is 32.1. The number of anilines is 1. The summed E-state index contributed by atoms with van der Waals surface area (Å²) in [4.78, 5) is 33.6. The number of nitrogen functional groups attached to an aromatic ring is 1. The molecule has 63 heavy (non-hydrogen) atoms. The maximum atomic E-state index is 14.5. The van der Waals surface area contributed by atoms with E-state index < -0.39 is 20.1 Å². The van der Waals surface area contributed by atoms with Gasteiger partial charge >= 0.3 is 14.2 Å². The minimum Gasteiger partial charge on any atom is -0.423 e. The van der Waals surface area contributed by atoms with Crippen molar-refractivity contribution in [2.45, 2.75) is 7.43 Å². The standard InChI is InChI=1S/C22H14BFN4O2.C14H10BFN2O2.C8H6BrN3.CH4/c24-19-6-2-1-4-15(19)20-10-16(14-5-3-8-26-22(14)28-20)17-12-27-21(23(29)30)18-11-25-9-7-13(17)18;16-12-6-2-1-4-10(12)13-8-11(15(19)20)9-5-3-7-17-14(9)18-13;9-7-4-12-8(10)6-3-11-2-1-5(6)7;/h1-12,29-30H;1-8,19-20H;1-4H,(H2,10,12);1H4. The number of pyridine rings is 8. The molecule has 0 radical (unpaired) electrons. The number of rotatable bonds is 5. The normalized spacial score (nSPS) is 10.7. The minimum absolute atomic E-state index is 0. The Morgan fingerprint density at radius 2 is 1.06 bits per heavy atom. The number of nitrogens with two attached hydrogens (primary N) is 1. The molecule has 10 rings (SSSR count). The van der Waals surface area contributed by atoms with Crippen molar-refractivity contribution in [1.29, 1.82) is 0 Å². The van der Waals surface area contributed by atoms with Crippen LogP contribution in [0, 0.1) is 11.6 Å². The maximum Gasteiger partial charge on any atom is 0.508 e. The molecule has 0 spiro atoms. The molecule has 0 saturated carbocycles. The number of halogens is 3. The first-order valence-corrected chi connectivity index (χ1v) is 19.5. The summed E-state index contributed by atoms with van der Waals surface area (Å²) < 4.78 is 29.2. The van der Waals surface area contributed by atoms with Gasteiger partial charge in [-0.05, 0) is 99.1 Å². The van der Waals surface area contributed by atoms with Crippen LogP contribution in [0.25, 0.3) is 77.3 Å². The van der Waals surface area contributed by atoms with E-state index in [1.54, 1.807) is 116 Å². The lowest BCUT2D eigenvalue weighted by molar-refractivity contribution is 0.424. The zero-order valence-corrected chi connectivity index (χ0v) is 33.7. The highest BCUT2D eigenvalue weighted by atomic mass is 79.9. The molecule has 8 heterocycles. The fraction of sp³-hybridized carbons (Fsp3) is 0.0222. The zero-order chi connectivity index (χ0) is 43.3. The summed E-state index contributed by atoms with van der Waals surface area (Å²) in [6.07, 6.45) is 13.1. The van der Waals surface area contributed by atoms with Gasteiger partial charge in [-0.2, -0.15) is 0 Å². The van der Waals surface area contributed by atoms with E-state index in [0.717, 1.165) is 37.1 Å². The Labute approximate surface area is 367 Å². The summed E-state index contributed by atoms with van der Waals surface area (Å²) in [5.41, 5.74) is 9.76. The van der Waals surface area contributed by atoms with Gasteiger partial charge in [0.25, 0.3) is 0 Å². The first-order chi connectivity index (χ1) is 30.1. The van der Waals surface area contributed by atoms with E-state index in [2.05, 4.69) is 55.8 Å². The predicted molar refractivity (Wildman–Crippen MR) is 246 cm³/mol. The molecular formula is C45H34B2BrF2N9O4. The summed E-state index contributed by atoms with van der Waals surface area (Å²) in [6, 6.07) is 26.6. The monoisotopic (exact) mass is 903 g/mol. The number of benzene rings is 2. The van der Waals surface area contributed by atoms with E-state index in [1.807, 2.05) is 12.1 Å². The van der Waals surface area contributed by atoms with Crippen molar-refractivity contribution in [3.8, 4) is 33.6 Å². The highest BCUT2D eigenvalue weighted by Crippen LogP contribution is 2.35. The maximum absolute atomic E-state index is 14.5.